The van der Waals surface area contributed by atoms with Crippen LogP contribution in [0.3, 0.4) is 0 Å². The lowest BCUT2D eigenvalue weighted by Crippen LogP contribution is -2.01. The largest absolute Gasteiger partial charge is 0.248 e. The fourth-order valence-electron chi connectivity index (χ4n) is 7.06. The Bertz CT molecular complexity index is 2900. The molecule has 242 valence electrons. The fraction of sp³-hybridized carbons (Fsp3) is 0. The van der Waals surface area contributed by atoms with Crippen LogP contribution in [0.15, 0.2) is 176 Å². The van der Waals surface area contributed by atoms with Crippen LogP contribution in [0.1, 0.15) is 0 Å². The SMILES string of the molecule is c1ccc(-c2nc(-c3ccccc3)nc(-c3ccc4ccc(-c5ccc6ccc(-c7cc8ccccc8c8ccccc78)nc6c5)cc4n3)n2)cc1. The van der Waals surface area contributed by atoms with Crippen LogP contribution >= 0.6 is 0 Å². The molecule has 10 aromatic rings. The van der Waals surface area contributed by atoms with Crippen LogP contribution in [0.25, 0.3) is 100 Å². The van der Waals surface area contributed by atoms with Gasteiger partial charge in [0.15, 0.2) is 17.5 Å². The summed E-state index contributed by atoms with van der Waals surface area (Å²) < 4.78 is 0. The molecule has 0 spiro atoms. The molecule has 7 aromatic carbocycles. The molecule has 5 heteroatoms. The topological polar surface area (TPSA) is 64.5 Å². The first-order chi connectivity index (χ1) is 25.7. The lowest BCUT2D eigenvalue weighted by atomic mass is 9.95. The Labute approximate surface area is 300 Å². The van der Waals surface area contributed by atoms with Crippen LogP contribution in [-0.4, -0.2) is 24.9 Å². The molecule has 0 bridgehead atoms. The van der Waals surface area contributed by atoms with Gasteiger partial charge in [0.25, 0.3) is 0 Å². The first-order valence-corrected chi connectivity index (χ1v) is 17.3. The Morgan fingerprint density at radius 2 is 0.750 bits per heavy atom. The molecule has 0 unspecified atom stereocenters. The summed E-state index contributed by atoms with van der Waals surface area (Å²) in [6, 6.07) is 60.7. The summed E-state index contributed by atoms with van der Waals surface area (Å²) in [6.45, 7) is 0. The minimum Gasteiger partial charge on any atom is -0.248 e. The summed E-state index contributed by atoms with van der Waals surface area (Å²) in [5.41, 5.74) is 8.58. The van der Waals surface area contributed by atoms with Crippen molar-refractivity contribution >= 4 is 43.4 Å². The average molecular weight is 664 g/mol. The third-order valence-electron chi connectivity index (χ3n) is 9.69. The third kappa shape index (κ3) is 5.32. The molecular weight excluding hydrogens is 635 g/mol. The van der Waals surface area contributed by atoms with Crippen LogP contribution in [0.5, 0.6) is 0 Å². The lowest BCUT2D eigenvalue weighted by Gasteiger charge is -2.12. The Morgan fingerprint density at radius 3 is 1.38 bits per heavy atom. The molecule has 10 rings (SSSR count). The second-order valence-electron chi connectivity index (χ2n) is 12.9. The van der Waals surface area contributed by atoms with Gasteiger partial charge in [0.2, 0.25) is 0 Å². The number of hydrogen-bond acceptors (Lipinski definition) is 5. The van der Waals surface area contributed by atoms with Gasteiger partial charge in [-0.2, -0.15) is 0 Å². The maximum atomic E-state index is 5.23. The van der Waals surface area contributed by atoms with Gasteiger partial charge < -0.3 is 0 Å². The first kappa shape index (κ1) is 29.8. The van der Waals surface area contributed by atoms with Gasteiger partial charge in [-0.25, -0.2) is 24.9 Å². The number of rotatable bonds is 5. The fourth-order valence-corrected chi connectivity index (χ4v) is 7.06. The molecule has 0 aliphatic heterocycles. The van der Waals surface area contributed by atoms with Crippen LogP contribution in [0.4, 0.5) is 0 Å². The summed E-state index contributed by atoms with van der Waals surface area (Å²) in [7, 11) is 0. The van der Waals surface area contributed by atoms with Gasteiger partial charge in [-0.15, -0.1) is 0 Å². The number of fused-ring (bicyclic) bond motifs is 5. The highest BCUT2D eigenvalue weighted by Gasteiger charge is 2.15. The van der Waals surface area contributed by atoms with Crippen molar-refractivity contribution in [2.75, 3.05) is 0 Å². The van der Waals surface area contributed by atoms with E-state index in [9.17, 15) is 0 Å². The zero-order valence-corrected chi connectivity index (χ0v) is 28.0. The van der Waals surface area contributed by atoms with E-state index >= 15 is 0 Å². The highest BCUT2D eigenvalue weighted by molar-refractivity contribution is 6.13. The highest BCUT2D eigenvalue weighted by Crippen LogP contribution is 2.36. The molecule has 0 aliphatic rings. The maximum absolute atomic E-state index is 5.23. The summed E-state index contributed by atoms with van der Waals surface area (Å²) in [5.74, 6) is 1.75. The van der Waals surface area contributed by atoms with Gasteiger partial charge in [0.05, 0.1) is 16.7 Å². The average Bonchev–Trinajstić information content (AvgIpc) is 3.23. The van der Waals surface area contributed by atoms with E-state index in [0.29, 0.717) is 23.2 Å². The van der Waals surface area contributed by atoms with Crippen molar-refractivity contribution < 1.29 is 0 Å². The Morgan fingerprint density at radius 1 is 0.269 bits per heavy atom. The summed E-state index contributed by atoms with van der Waals surface area (Å²) in [6.07, 6.45) is 0. The molecule has 0 radical (unpaired) electrons. The van der Waals surface area contributed by atoms with E-state index in [0.717, 1.165) is 55.3 Å². The normalized spacial score (nSPS) is 11.5. The maximum Gasteiger partial charge on any atom is 0.182 e. The van der Waals surface area contributed by atoms with E-state index in [2.05, 4.69) is 109 Å². The number of nitrogens with zero attached hydrogens (tertiary/aromatic N) is 5. The minimum absolute atomic E-state index is 0.531. The molecule has 0 saturated carbocycles. The summed E-state index contributed by atoms with van der Waals surface area (Å²) in [5, 5.41) is 7.03. The van der Waals surface area contributed by atoms with E-state index in [4.69, 9.17) is 24.9 Å². The van der Waals surface area contributed by atoms with Crippen molar-refractivity contribution in [3.63, 3.8) is 0 Å². The van der Waals surface area contributed by atoms with Gasteiger partial charge in [0.1, 0.15) is 5.69 Å². The third-order valence-corrected chi connectivity index (χ3v) is 9.69. The quantitative estimate of drug-likeness (QED) is 0.171. The Hall–Kier alpha value is -7.11. The van der Waals surface area contributed by atoms with Crippen LogP contribution in [0.2, 0.25) is 0 Å². The molecule has 0 amide bonds. The predicted molar refractivity (Wildman–Crippen MR) is 213 cm³/mol. The zero-order chi connectivity index (χ0) is 34.4. The van der Waals surface area contributed by atoms with Gasteiger partial charge in [-0.05, 0) is 63.0 Å². The van der Waals surface area contributed by atoms with Crippen LogP contribution in [0, 0.1) is 0 Å². The molecule has 3 aromatic heterocycles. The van der Waals surface area contributed by atoms with E-state index < -0.39 is 0 Å². The molecule has 0 saturated heterocycles. The van der Waals surface area contributed by atoms with Gasteiger partial charge in [-0.1, -0.05) is 146 Å². The molecule has 0 fully saturated rings. The van der Waals surface area contributed by atoms with Crippen molar-refractivity contribution in [3.05, 3.63) is 176 Å². The minimum atomic E-state index is 0.531. The number of pyridine rings is 2. The standard InChI is InChI=1S/C47H29N5/c1-3-11-32(12-4-1)45-50-46(33-13-5-2-6-14-33)52-47(51-45)42-26-24-31-20-22-35(29-44(31)49-42)34-21-19-30-23-25-41(48-43(30)28-34)40-27-36-15-7-8-16-37(36)38-17-9-10-18-39(38)40/h1-29H. The van der Waals surface area contributed by atoms with Gasteiger partial charge in [0, 0.05) is 27.5 Å². The molecule has 3 heterocycles. The van der Waals surface area contributed by atoms with Crippen molar-refractivity contribution in [3.8, 4) is 56.7 Å². The lowest BCUT2D eigenvalue weighted by molar-refractivity contribution is 1.06. The molecule has 52 heavy (non-hydrogen) atoms. The Balaban J connectivity index is 1.06. The smallest absolute Gasteiger partial charge is 0.182 e. The zero-order valence-electron chi connectivity index (χ0n) is 28.0. The summed E-state index contributed by atoms with van der Waals surface area (Å²) >= 11 is 0. The Kier molecular flexibility index (Phi) is 7.07. The van der Waals surface area contributed by atoms with Crippen LogP contribution < -0.4 is 0 Å². The molecular formula is C47H29N5. The second-order valence-corrected chi connectivity index (χ2v) is 12.9. The highest BCUT2D eigenvalue weighted by atomic mass is 15.0. The summed E-state index contributed by atoms with van der Waals surface area (Å²) in [4.78, 5) is 25.0. The van der Waals surface area contributed by atoms with Crippen molar-refractivity contribution in [1.29, 1.82) is 0 Å². The van der Waals surface area contributed by atoms with Crippen molar-refractivity contribution in [2.45, 2.75) is 0 Å². The van der Waals surface area contributed by atoms with E-state index in [-0.39, 0.29) is 0 Å². The molecule has 0 atom stereocenters. The molecule has 0 aliphatic carbocycles. The van der Waals surface area contributed by atoms with E-state index in [1.54, 1.807) is 0 Å². The van der Waals surface area contributed by atoms with E-state index in [1.807, 2.05) is 66.7 Å². The second kappa shape index (κ2) is 12.3. The first-order valence-electron chi connectivity index (χ1n) is 17.3. The van der Waals surface area contributed by atoms with Gasteiger partial charge in [-0.3, -0.25) is 0 Å². The molecule has 0 N–H and O–H groups in total. The predicted octanol–water partition coefficient (Wildman–Crippen LogP) is 11.6. The van der Waals surface area contributed by atoms with Gasteiger partial charge >= 0.3 is 0 Å². The van der Waals surface area contributed by atoms with Crippen molar-refractivity contribution in [1.82, 2.24) is 24.9 Å². The van der Waals surface area contributed by atoms with Crippen LogP contribution in [-0.2, 0) is 0 Å². The number of benzene rings is 7. The monoisotopic (exact) mass is 663 g/mol. The number of aromatic nitrogens is 5. The molecule has 5 nitrogen and oxygen atoms in total. The van der Waals surface area contributed by atoms with Crippen molar-refractivity contribution in [2.24, 2.45) is 0 Å². The van der Waals surface area contributed by atoms with E-state index in [1.165, 1.54) is 21.5 Å². The number of hydrogen-bond donors (Lipinski definition) is 0.